The van der Waals surface area contributed by atoms with E-state index in [1.54, 1.807) is 11.9 Å². The molecule has 0 aromatic heterocycles. The number of amides is 1. The van der Waals surface area contributed by atoms with Gasteiger partial charge in [0.2, 0.25) is 0 Å². The molecule has 0 saturated carbocycles. The minimum Gasteiger partial charge on any atom is -0.335 e. The Hall–Kier alpha value is -1.35. The van der Waals surface area contributed by atoms with Gasteiger partial charge in [0, 0.05) is 24.7 Å². The van der Waals surface area contributed by atoms with Crippen LogP contribution in [0.2, 0.25) is 0 Å². The summed E-state index contributed by atoms with van der Waals surface area (Å²) in [5.74, 6) is 0.00968. The number of nitrogens with two attached hydrogens (primary N) is 1. The fourth-order valence-electron chi connectivity index (χ4n) is 1.30. The van der Waals surface area contributed by atoms with Crippen molar-refractivity contribution in [2.24, 2.45) is 5.73 Å². The van der Waals surface area contributed by atoms with E-state index in [0.717, 1.165) is 5.56 Å². The van der Waals surface area contributed by atoms with E-state index >= 15 is 0 Å². The molecule has 1 aromatic carbocycles. The molecule has 88 valence electrons. The number of aryl methyl sites for hydroxylation is 1. The highest BCUT2D eigenvalue weighted by atomic mass is 16.2. The molecule has 1 aromatic rings. The van der Waals surface area contributed by atoms with Crippen molar-refractivity contribution < 1.29 is 4.79 Å². The summed E-state index contributed by atoms with van der Waals surface area (Å²) in [6.45, 7) is 6.36. The van der Waals surface area contributed by atoms with Crippen LogP contribution < -0.4 is 5.73 Å². The third-order valence-corrected chi connectivity index (χ3v) is 3.01. The lowest BCUT2D eigenvalue weighted by Gasteiger charge is -2.34. The van der Waals surface area contributed by atoms with Crippen LogP contribution in [0.3, 0.4) is 0 Å². The average molecular weight is 220 g/mol. The van der Waals surface area contributed by atoms with Crippen molar-refractivity contribution in [1.29, 1.82) is 0 Å². The van der Waals surface area contributed by atoms with Crippen LogP contribution in [0.1, 0.15) is 29.8 Å². The maximum Gasteiger partial charge on any atom is 0.254 e. The molecule has 0 bridgehead atoms. The molecular formula is C13H20N2O. The van der Waals surface area contributed by atoms with Gasteiger partial charge in [-0.1, -0.05) is 17.7 Å². The zero-order valence-electron chi connectivity index (χ0n) is 10.4. The number of likely N-dealkylation sites (N-methyl/N-ethyl adjacent to an activating group) is 1. The number of benzene rings is 1. The van der Waals surface area contributed by atoms with Crippen LogP contribution >= 0.6 is 0 Å². The topological polar surface area (TPSA) is 46.3 Å². The predicted molar refractivity (Wildman–Crippen MR) is 66.4 cm³/mol. The Kier molecular flexibility index (Phi) is 3.70. The molecule has 0 spiro atoms. The van der Waals surface area contributed by atoms with Crippen molar-refractivity contribution in [3.8, 4) is 0 Å². The molecule has 0 fully saturated rings. The SMILES string of the molecule is Cc1ccc(C(=O)N(C)C(C)(C)CN)cc1. The zero-order valence-corrected chi connectivity index (χ0v) is 10.4. The van der Waals surface area contributed by atoms with E-state index in [0.29, 0.717) is 12.1 Å². The van der Waals surface area contributed by atoms with Crippen molar-refractivity contribution in [3.63, 3.8) is 0 Å². The molecule has 16 heavy (non-hydrogen) atoms. The summed E-state index contributed by atoms with van der Waals surface area (Å²) in [4.78, 5) is 13.8. The molecule has 0 aliphatic carbocycles. The molecule has 1 rings (SSSR count). The van der Waals surface area contributed by atoms with Gasteiger partial charge in [-0.05, 0) is 32.9 Å². The Labute approximate surface area is 97.2 Å². The molecular weight excluding hydrogens is 200 g/mol. The highest BCUT2D eigenvalue weighted by Gasteiger charge is 2.26. The first-order chi connectivity index (χ1) is 7.38. The fraction of sp³-hybridized carbons (Fsp3) is 0.462. The molecule has 3 heteroatoms. The van der Waals surface area contributed by atoms with Gasteiger partial charge in [-0.3, -0.25) is 4.79 Å². The van der Waals surface area contributed by atoms with Crippen LogP contribution in [0.4, 0.5) is 0 Å². The zero-order chi connectivity index (χ0) is 12.3. The Balaban J connectivity index is 2.90. The highest BCUT2D eigenvalue weighted by molar-refractivity contribution is 5.94. The summed E-state index contributed by atoms with van der Waals surface area (Å²) in [6.07, 6.45) is 0. The Morgan fingerprint density at radius 1 is 1.31 bits per heavy atom. The van der Waals surface area contributed by atoms with Gasteiger partial charge in [0.25, 0.3) is 5.91 Å². The van der Waals surface area contributed by atoms with Gasteiger partial charge in [0.05, 0.1) is 0 Å². The Bertz CT molecular complexity index is 368. The number of carbonyl (C=O) groups is 1. The van der Waals surface area contributed by atoms with Gasteiger partial charge in [0.15, 0.2) is 0 Å². The van der Waals surface area contributed by atoms with E-state index in [-0.39, 0.29) is 11.4 Å². The second kappa shape index (κ2) is 4.66. The van der Waals surface area contributed by atoms with Crippen LogP contribution in [-0.2, 0) is 0 Å². The second-order valence-electron chi connectivity index (χ2n) is 4.75. The van der Waals surface area contributed by atoms with E-state index in [1.165, 1.54) is 0 Å². The van der Waals surface area contributed by atoms with Crippen molar-refractivity contribution in [2.75, 3.05) is 13.6 Å². The molecule has 1 amide bonds. The number of hydrogen-bond acceptors (Lipinski definition) is 2. The van der Waals surface area contributed by atoms with Crippen LogP contribution in [0.25, 0.3) is 0 Å². The van der Waals surface area contributed by atoms with Crippen LogP contribution in [0.5, 0.6) is 0 Å². The van der Waals surface area contributed by atoms with Crippen LogP contribution in [0, 0.1) is 6.92 Å². The van der Waals surface area contributed by atoms with E-state index in [2.05, 4.69) is 0 Å². The van der Waals surface area contributed by atoms with Crippen LogP contribution in [0.15, 0.2) is 24.3 Å². The monoisotopic (exact) mass is 220 g/mol. The van der Waals surface area contributed by atoms with E-state index in [4.69, 9.17) is 5.73 Å². The molecule has 0 saturated heterocycles. The molecule has 2 N–H and O–H groups in total. The lowest BCUT2D eigenvalue weighted by molar-refractivity contribution is 0.0640. The van der Waals surface area contributed by atoms with E-state index < -0.39 is 0 Å². The first-order valence-electron chi connectivity index (χ1n) is 5.43. The second-order valence-corrected chi connectivity index (χ2v) is 4.75. The average Bonchev–Trinajstić information content (AvgIpc) is 2.28. The first-order valence-corrected chi connectivity index (χ1v) is 5.43. The highest BCUT2D eigenvalue weighted by Crippen LogP contribution is 2.15. The van der Waals surface area contributed by atoms with Crippen LogP contribution in [-0.4, -0.2) is 29.9 Å². The number of hydrogen-bond donors (Lipinski definition) is 1. The lowest BCUT2D eigenvalue weighted by atomic mass is 10.0. The van der Waals surface area contributed by atoms with Gasteiger partial charge in [0.1, 0.15) is 0 Å². The van der Waals surface area contributed by atoms with Crippen molar-refractivity contribution in [1.82, 2.24) is 4.90 Å². The fourth-order valence-corrected chi connectivity index (χ4v) is 1.30. The molecule has 0 aliphatic heterocycles. The van der Waals surface area contributed by atoms with Crippen molar-refractivity contribution >= 4 is 5.91 Å². The van der Waals surface area contributed by atoms with Gasteiger partial charge in [-0.25, -0.2) is 0 Å². The summed E-state index contributed by atoms with van der Waals surface area (Å²) in [7, 11) is 1.79. The molecule has 0 atom stereocenters. The van der Waals surface area contributed by atoms with Gasteiger partial charge < -0.3 is 10.6 Å². The summed E-state index contributed by atoms with van der Waals surface area (Å²) in [5.41, 5.74) is 7.19. The third-order valence-electron chi connectivity index (χ3n) is 3.01. The minimum absolute atomic E-state index is 0.00968. The lowest BCUT2D eigenvalue weighted by Crippen LogP contribution is -2.50. The smallest absolute Gasteiger partial charge is 0.254 e. The van der Waals surface area contributed by atoms with Gasteiger partial charge in [-0.2, -0.15) is 0 Å². The largest absolute Gasteiger partial charge is 0.335 e. The maximum atomic E-state index is 12.1. The Morgan fingerprint density at radius 2 is 1.81 bits per heavy atom. The van der Waals surface area contributed by atoms with E-state index in [1.807, 2.05) is 45.0 Å². The normalized spacial score (nSPS) is 11.3. The summed E-state index contributed by atoms with van der Waals surface area (Å²) >= 11 is 0. The standard InChI is InChI=1S/C13H20N2O/c1-10-5-7-11(8-6-10)12(16)15(4)13(2,3)9-14/h5-8H,9,14H2,1-4H3. The van der Waals surface area contributed by atoms with E-state index in [9.17, 15) is 4.79 Å². The molecule has 0 unspecified atom stereocenters. The number of nitrogens with zero attached hydrogens (tertiary/aromatic N) is 1. The molecule has 0 aliphatic rings. The summed E-state index contributed by atoms with van der Waals surface area (Å²) < 4.78 is 0. The van der Waals surface area contributed by atoms with Gasteiger partial charge >= 0.3 is 0 Å². The molecule has 3 nitrogen and oxygen atoms in total. The molecule has 0 heterocycles. The summed E-state index contributed by atoms with van der Waals surface area (Å²) in [6, 6.07) is 7.58. The van der Waals surface area contributed by atoms with Gasteiger partial charge in [-0.15, -0.1) is 0 Å². The maximum absolute atomic E-state index is 12.1. The number of rotatable bonds is 3. The first kappa shape index (κ1) is 12.7. The van der Waals surface area contributed by atoms with Crippen molar-refractivity contribution in [3.05, 3.63) is 35.4 Å². The summed E-state index contributed by atoms with van der Waals surface area (Å²) in [5, 5.41) is 0. The quantitative estimate of drug-likeness (QED) is 0.844. The predicted octanol–water partition coefficient (Wildman–Crippen LogP) is 1.80. The molecule has 0 radical (unpaired) electrons. The van der Waals surface area contributed by atoms with Crippen molar-refractivity contribution in [2.45, 2.75) is 26.3 Å². The Morgan fingerprint density at radius 3 is 2.25 bits per heavy atom. The third kappa shape index (κ3) is 2.61. The number of carbonyl (C=O) groups excluding carboxylic acids is 1. The minimum atomic E-state index is -0.317.